The maximum absolute atomic E-state index is 12.9. The van der Waals surface area contributed by atoms with Crippen LogP contribution < -0.4 is 11.1 Å². The molecular weight excluding hydrogens is 262 g/mol. The number of urea groups is 1. The number of carbonyl (C=O) groups excluding carboxylic acids is 1. The Labute approximate surface area is 87.2 Å². The Balaban J connectivity index is 3.08. The van der Waals surface area contributed by atoms with Crippen molar-refractivity contribution in [1.29, 1.82) is 0 Å². The fourth-order valence-corrected chi connectivity index (χ4v) is 1.44. The number of anilines is 1. The number of halogens is 3. The molecule has 0 radical (unpaired) electrons. The van der Waals surface area contributed by atoms with E-state index in [9.17, 15) is 9.18 Å². The lowest BCUT2D eigenvalue weighted by molar-refractivity contribution is 0.259. The second kappa shape index (κ2) is 3.93. The second-order valence-corrected chi connectivity index (χ2v) is 3.50. The third-order valence-electron chi connectivity index (χ3n) is 1.27. The number of amides is 2. The maximum atomic E-state index is 12.9. The molecule has 1 aromatic rings. The normalized spacial score (nSPS) is 9.77. The van der Waals surface area contributed by atoms with E-state index in [0.29, 0.717) is 0 Å². The molecule has 1 rings (SSSR count). The second-order valence-electron chi connectivity index (χ2n) is 2.24. The first-order chi connectivity index (χ1) is 6.00. The molecule has 0 spiro atoms. The summed E-state index contributed by atoms with van der Waals surface area (Å²) in [5, 5.41) is 2.40. The number of primary amides is 1. The van der Waals surface area contributed by atoms with Crippen molar-refractivity contribution in [2.24, 2.45) is 5.73 Å². The molecule has 0 fully saturated rings. The minimum atomic E-state index is -0.788. The predicted molar refractivity (Wildman–Crippen MR) is 52.3 cm³/mol. The van der Waals surface area contributed by atoms with Crippen LogP contribution in [0, 0.1) is 5.82 Å². The third-order valence-corrected chi connectivity index (χ3v) is 2.19. The Morgan fingerprint density at radius 1 is 1.62 bits per heavy atom. The van der Waals surface area contributed by atoms with Crippen LogP contribution in [-0.2, 0) is 0 Å². The molecule has 3 nitrogen and oxygen atoms in total. The van der Waals surface area contributed by atoms with E-state index < -0.39 is 11.8 Å². The van der Waals surface area contributed by atoms with Gasteiger partial charge in [0, 0.05) is 6.07 Å². The molecule has 0 unspecified atom stereocenters. The first kappa shape index (κ1) is 10.3. The molecular formula is C7H5BrClFN2O. The van der Waals surface area contributed by atoms with E-state index in [0.717, 1.165) is 6.07 Å². The number of hydrogen-bond donors (Lipinski definition) is 2. The molecule has 1 aromatic carbocycles. The van der Waals surface area contributed by atoms with Gasteiger partial charge in [-0.25, -0.2) is 9.18 Å². The lowest BCUT2D eigenvalue weighted by atomic mass is 10.3. The van der Waals surface area contributed by atoms with Crippen molar-refractivity contribution in [3.05, 3.63) is 27.4 Å². The fourth-order valence-electron chi connectivity index (χ4n) is 0.751. The van der Waals surface area contributed by atoms with Gasteiger partial charge in [-0.3, -0.25) is 0 Å². The van der Waals surface area contributed by atoms with E-state index in [-0.39, 0.29) is 15.2 Å². The van der Waals surface area contributed by atoms with Crippen LogP contribution >= 0.6 is 27.5 Å². The van der Waals surface area contributed by atoms with Gasteiger partial charge in [-0.2, -0.15) is 0 Å². The van der Waals surface area contributed by atoms with Crippen LogP contribution in [0.3, 0.4) is 0 Å². The van der Waals surface area contributed by atoms with Crippen LogP contribution in [0.15, 0.2) is 16.6 Å². The summed E-state index contributed by atoms with van der Waals surface area (Å²) in [6, 6.07) is 1.63. The maximum Gasteiger partial charge on any atom is 0.316 e. The summed E-state index contributed by atoms with van der Waals surface area (Å²) in [6.45, 7) is 0. The molecule has 0 aromatic heterocycles. The molecule has 0 heterocycles. The van der Waals surface area contributed by atoms with Crippen molar-refractivity contribution in [2.75, 3.05) is 5.32 Å². The van der Waals surface area contributed by atoms with Crippen LogP contribution in [0.2, 0.25) is 5.02 Å². The van der Waals surface area contributed by atoms with Gasteiger partial charge >= 0.3 is 6.03 Å². The van der Waals surface area contributed by atoms with Gasteiger partial charge in [0.1, 0.15) is 5.82 Å². The van der Waals surface area contributed by atoms with E-state index in [1.807, 2.05) is 0 Å². The van der Waals surface area contributed by atoms with E-state index in [1.165, 1.54) is 6.07 Å². The van der Waals surface area contributed by atoms with E-state index in [2.05, 4.69) is 21.2 Å². The molecule has 0 aliphatic heterocycles. The minimum absolute atomic E-state index is 0.148. The lowest BCUT2D eigenvalue weighted by Crippen LogP contribution is -2.19. The van der Waals surface area contributed by atoms with Crippen LogP contribution in [-0.4, -0.2) is 6.03 Å². The summed E-state index contributed by atoms with van der Waals surface area (Å²) in [4.78, 5) is 10.4. The van der Waals surface area contributed by atoms with Crippen molar-refractivity contribution in [1.82, 2.24) is 0 Å². The Bertz CT molecular complexity index is 359. The summed E-state index contributed by atoms with van der Waals surface area (Å²) in [5.74, 6) is -0.520. The van der Waals surface area contributed by atoms with Crippen LogP contribution in [0.25, 0.3) is 0 Å². The molecule has 0 bridgehead atoms. The zero-order valence-electron chi connectivity index (χ0n) is 6.27. The molecule has 0 aliphatic rings. The highest BCUT2D eigenvalue weighted by molar-refractivity contribution is 9.10. The monoisotopic (exact) mass is 266 g/mol. The summed E-state index contributed by atoms with van der Waals surface area (Å²) in [5.41, 5.74) is 4.99. The number of carbonyl (C=O) groups is 1. The van der Waals surface area contributed by atoms with Gasteiger partial charge in [-0.05, 0) is 22.0 Å². The molecule has 70 valence electrons. The summed E-state index contributed by atoms with van der Waals surface area (Å²) in [7, 11) is 0. The average Bonchev–Trinajstić information content (AvgIpc) is 1.99. The fraction of sp³-hybridized carbons (Fsp3) is 0. The van der Waals surface area contributed by atoms with Gasteiger partial charge in [0.05, 0.1) is 15.2 Å². The minimum Gasteiger partial charge on any atom is -0.351 e. The highest BCUT2D eigenvalue weighted by Gasteiger charge is 2.07. The van der Waals surface area contributed by atoms with Gasteiger partial charge in [0.15, 0.2) is 0 Å². The van der Waals surface area contributed by atoms with E-state index in [1.54, 1.807) is 0 Å². The van der Waals surface area contributed by atoms with Gasteiger partial charge in [0.2, 0.25) is 0 Å². The number of nitrogens with two attached hydrogens (primary N) is 1. The third kappa shape index (κ3) is 2.57. The number of nitrogens with one attached hydrogen (secondary N) is 1. The molecule has 0 saturated carbocycles. The van der Waals surface area contributed by atoms with Crippen molar-refractivity contribution in [2.45, 2.75) is 0 Å². The Morgan fingerprint density at radius 3 is 2.77 bits per heavy atom. The van der Waals surface area contributed by atoms with Gasteiger partial charge < -0.3 is 11.1 Å². The number of hydrogen-bond acceptors (Lipinski definition) is 1. The molecule has 6 heteroatoms. The predicted octanol–water partition coefficient (Wildman–Crippen LogP) is 2.73. The number of benzene rings is 1. The van der Waals surface area contributed by atoms with Gasteiger partial charge in [-0.15, -0.1) is 0 Å². The highest BCUT2D eigenvalue weighted by atomic mass is 79.9. The molecule has 0 aliphatic carbocycles. The van der Waals surface area contributed by atoms with Gasteiger partial charge in [0.25, 0.3) is 0 Å². The summed E-state index contributed by atoms with van der Waals surface area (Å²) in [6.07, 6.45) is 0. The zero-order valence-corrected chi connectivity index (χ0v) is 8.62. The summed E-state index contributed by atoms with van der Waals surface area (Å²) >= 11 is 8.62. The highest BCUT2D eigenvalue weighted by Crippen LogP contribution is 2.28. The molecule has 0 saturated heterocycles. The lowest BCUT2D eigenvalue weighted by Gasteiger charge is -2.05. The Kier molecular flexibility index (Phi) is 3.11. The average molecular weight is 267 g/mol. The molecule has 3 N–H and O–H groups in total. The quantitative estimate of drug-likeness (QED) is 0.755. The first-order valence-corrected chi connectivity index (χ1v) is 4.39. The van der Waals surface area contributed by atoms with Crippen molar-refractivity contribution < 1.29 is 9.18 Å². The van der Waals surface area contributed by atoms with Crippen molar-refractivity contribution >= 4 is 39.2 Å². The van der Waals surface area contributed by atoms with E-state index in [4.69, 9.17) is 17.3 Å². The largest absolute Gasteiger partial charge is 0.351 e. The van der Waals surface area contributed by atoms with Crippen molar-refractivity contribution in [3.63, 3.8) is 0 Å². The topological polar surface area (TPSA) is 55.1 Å². The van der Waals surface area contributed by atoms with Gasteiger partial charge in [-0.1, -0.05) is 11.6 Å². The Morgan fingerprint density at radius 2 is 2.23 bits per heavy atom. The first-order valence-electron chi connectivity index (χ1n) is 3.21. The van der Waals surface area contributed by atoms with Crippen LogP contribution in [0.4, 0.5) is 14.9 Å². The standard InChI is InChI=1S/C7H5BrClFN2O/c8-3-1-4(9)6(2-5(3)10)12-7(11)13/h1-2H,(H3,11,12,13). The number of rotatable bonds is 1. The Hall–Kier alpha value is -0.810. The SMILES string of the molecule is NC(=O)Nc1cc(F)c(Br)cc1Cl. The van der Waals surface area contributed by atoms with Crippen LogP contribution in [0.5, 0.6) is 0 Å². The van der Waals surface area contributed by atoms with Crippen LogP contribution in [0.1, 0.15) is 0 Å². The molecule has 0 atom stereocenters. The van der Waals surface area contributed by atoms with Crippen molar-refractivity contribution in [3.8, 4) is 0 Å². The van der Waals surface area contributed by atoms with E-state index >= 15 is 0 Å². The molecule has 13 heavy (non-hydrogen) atoms. The zero-order chi connectivity index (χ0) is 10.0. The summed E-state index contributed by atoms with van der Waals surface area (Å²) < 4.78 is 13.1. The smallest absolute Gasteiger partial charge is 0.316 e. The molecule has 2 amide bonds.